The molecule has 4 heteroatoms. The van der Waals surface area contributed by atoms with Gasteiger partial charge in [-0.3, -0.25) is 0 Å². The minimum Gasteiger partial charge on any atom is -0.307 e. The highest BCUT2D eigenvalue weighted by Crippen LogP contribution is 2.35. The van der Waals surface area contributed by atoms with Gasteiger partial charge in [0.15, 0.2) is 9.84 Å². The predicted molar refractivity (Wildman–Crippen MR) is 66.2 cm³/mol. The SMILES string of the molecule is CCC1CCC2NC(C)(C)CS(=O)(=O)C2C1. The molecule has 0 spiro atoms. The van der Waals surface area contributed by atoms with Crippen molar-refractivity contribution in [2.45, 2.75) is 63.3 Å². The first-order valence-electron chi connectivity index (χ1n) is 6.33. The number of fused-ring (bicyclic) bond motifs is 1. The summed E-state index contributed by atoms with van der Waals surface area (Å²) in [5.74, 6) is 0.900. The molecule has 3 unspecified atom stereocenters. The third kappa shape index (κ3) is 2.28. The molecule has 2 fully saturated rings. The first kappa shape index (κ1) is 12.4. The van der Waals surface area contributed by atoms with Crippen LogP contribution in [0.15, 0.2) is 0 Å². The standard InChI is InChI=1S/C12H23NO2S/c1-4-9-5-6-10-11(7-9)16(14,15)8-12(2,3)13-10/h9-11,13H,4-8H2,1-3H3. The van der Waals surface area contributed by atoms with Gasteiger partial charge in [-0.2, -0.15) is 0 Å². The van der Waals surface area contributed by atoms with Crippen LogP contribution in [-0.2, 0) is 9.84 Å². The lowest BCUT2D eigenvalue weighted by Crippen LogP contribution is -2.63. The second-order valence-electron chi connectivity index (χ2n) is 6.07. The van der Waals surface area contributed by atoms with Gasteiger partial charge in [-0.1, -0.05) is 13.3 Å². The number of sulfone groups is 1. The lowest BCUT2D eigenvalue weighted by Gasteiger charge is -2.45. The third-order valence-electron chi connectivity index (χ3n) is 4.08. The normalized spacial score (nSPS) is 41.3. The van der Waals surface area contributed by atoms with Crippen LogP contribution in [0.3, 0.4) is 0 Å². The molecule has 0 amide bonds. The van der Waals surface area contributed by atoms with E-state index < -0.39 is 9.84 Å². The van der Waals surface area contributed by atoms with E-state index in [1.165, 1.54) is 6.42 Å². The molecule has 1 heterocycles. The van der Waals surface area contributed by atoms with Crippen molar-refractivity contribution in [3.8, 4) is 0 Å². The van der Waals surface area contributed by atoms with Gasteiger partial charge in [0.05, 0.1) is 11.0 Å². The molecule has 3 nitrogen and oxygen atoms in total. The second-order valence-corrected chi connectivity index (χ2v) is 8.29. The summed E-state index contributed by atoms with van der Waals surface area (Å²) < 4.78 is 24.5. The fraction of sp³-hybridized carbons (Fsp3) is 1.00. The Bertz CT molecular complexity index is 361. The molecular formula is C12H23NO2S. The summed E-state index contributed by atoms with van der Waals surface area (Å²) in [6.07, 6.45) is 4.18. The summed E-state index contributed by atoms with van der Waals surface area (Å²) in [6, 6.07) is 0.191. The Balaban J connectivity index is 2.21. The van der Waals surface area contributed by atoms with E-state index in [-0.39, 0.29) is 22.6 Å². The van der Waals surface area contributed by atoms with Gasteiger partial charge in [-0.25, -0.2) is 8.42 Å². The molecule has 94 valence electrons. The van der Waals surface area contributed by atoms with Crippen LogP contribution in [0.25, 0.3) is 0 Å². The maximum absolute atomic E-state index is 12.3. The number of nitrogens with one attached hydrogen (secondary N) is 1. The van der Waals surface area contributed by atoms with Crippen molar-refractivity contribution in [2.75, 3.05) is 5.75 Å². The van der Waals surface area contributed by atoms with Crippen LogP contribution in [-0.4, -0.2) is 31.0 Å². The molecule has 1 saturated heterocycles. The monoisotopic (exact) mass is 245 g/mol. The fourth-order valence-corrected chi connectivity index (χ4v) is 5.87. The summed E-state index contributed by atoms with van der Waals surface area (Å²) in [5, 5.41) is 3.39. The van der Waals surface area contributed by atoms with Gasteiger partial charge in [0.1, 0.15) is 0 Å². The topological polar surface area (TPSA) is 46.2 Å². The van der Waals surface area contributed by atoms with Gasteiger partial charge < -0.3 is 5.32 Å². The van der Waals surface area contributed by atoms with E-state index in [1.807, 2.05) is 13.8 Å². The van der Waals surface area contributed by atoms with E-state index in [1.54, 1.807) is 0 Å². The highest BCUT2D eigenvalue weighted by atomic mass is 32.2. The molecule has 2 rings (SSSR count). The zero-order chi connectivity index (χ0) is 12.0. The minimum atomic E-state index is -2.90. The van der Waals surface area contributed by atoms with E-state index in [9.17, 15) is 8.42 Å². The summed E-state index contributed by atoms with van der Waals surface area (Å²) in [6.45, 7) is 6.15. The largest absolute Gasteiger partial charge is 0.307 e. The summed E-state index contributed by atoms with van der Waals surface area (Å²) in [7, 11) is -2.90. The molecule has 0 aromatic rings. The Morgan fingerprint density at radius 1 is 1.31 bits per heavy atom. The van der Waals surface area contributed by atoms with E-state index in [0.717, 1.165) is 19.3 Å². The van der Waals surface area contributed by atoms with Crippen LogP contribution in [0.2, 0.25) is 0 Å². The average Bonchev–Trinajstić information content (AvgIpc) is 2.14. The Hall–Kier alpha value is -0.0900. The predicted octanol–water partition coefficient (Wildman–Crippen LogP) is 1.73. The molecule has 1 aliphatic carbocycles. The number of rotatable bonds is 1. The van der Waals surface area contributed by atoms with Crippen molar-refractivity contribution < 1.29 is 8.42 Å². The van der Waals surface area contributed by atoms with E-state index in [4.69, 9.17) is 0 Å². The molecule has 0 radical (unpaired) electrons. The Morgan fingerprint density at radius 2 is 2.00 bits per heavy atom. The van der Waals surface area contributed by atoms with Gasteiger partial charge >= 0.3 is 0 Å². The summed E-state index contributed by atoms with van der Waals surface area (Å²) in [5.41, 5.74) is -0.251. The minimum absolute atomic E-state index is 0.126. The van der Waals surface area contributed by atoms with Gasteiger partial charge in [-0.15, -0.1) is 0 Å². The molecule has 16 heavy (non-hydrogen) atoms. The summed E-state index contributed by atoms with van der Waals surface area (Å²) in [4.78, 5) is 0. The van der Waals surface area contributed by atoms with Crippen molar-refractivity contribution in [1.82, 2.24) is 5.32 Å². The molecule has 3 atom stereocenters. The highest BCUT2D eigenvalue weighted by molar-refractivity contribution is 7.92. The van der Waals surface area contributed by atoms with Crippen LogP contribution in [0.5, 0.6) is 0 Å². The molecule has 0 aromatic carbocycles. The smallest absolute Gasteiger partial charge is 0.156 e. The second kappa shape index (κ2) is 3.98. The Morgan fingerprint density at radius 3 is 2.62 bits per heavy atom. The molecule has 1 N–H and O–H groups in total. The molecule has 1 saturated carbocycles. The van der Waals surface area contributed by atoms with Gasteiger partial charge in [-0.05, 0) is 39.0 Å². The van der Waals surface area contributed by atoms with Crippen LogP contribution in [0.1, 0.15) is 46.5 Å². The van der Waals surface area contributed by atoms with E-state index in [2.05, 4.69) is 12.2 Å². The maximum atomic E-state index is 12.3. The molecule has 2 aliphatic rings. The van der Waals surface area contributed by atoms with Crippen molar-refractivity contribution in [1.29, 1.82) is 0 Å². The van der Waals surface area contributed by atoms with Crippen LogP contribution in [0.4, 0.5) is 0 Å². The quantitative estimate of drug-likeness (QED) is 0.765. The van der Waals surface area contributed by atoms with E-state index >= 15 is 0 Å². The molecule has 0 aromatic heterocycles. The molecule has 0 bridgehead atoms. The van der Waals surface area contributed by atoms with Crippen molar-refractivity contribution in [2.24, 2.45) is 5.92 Å². The van der Waals surface area contributed by atoms with Crippen LogP contribution in [0, 0.1) is 5.92 Å². The fourth-order valence-electron chi connectivity index (χ4n) is 3.30. The summed E-state index contributed by atoms with van der Waals surface area (Å²) >= 11 is 0. The third-order valence-corrected chi connectivity index (χ3v) is 6.64. The zero-order valence-electron chi connectivity index (χ0n) is 10.5. The van der Waals surface area contributed by atoms with E-state index in [0.29, 0.717) is 5.92 Å². The first-order valence-corrected chi connectivity index (χ1v) is 8.05. The molecular weight excluding hydrogens is 222 g/mol. The van der Waals surface area contributed by atoms with Crippen LogP contribution < -0.4 is 5.32 Å². The Labute approximate surface area is 98.9 Å². The first-order chi connectivity index (χ1) is 7.34. The van der Waals surface area contributed by atoms with Crippen molar-refractivity contribution in [3.05, 3.63) is 0 Å². The van der Waals surface area contributed by atoms with Gasteiger partial charge in [0.25, 0.3) is 0 Å². The average molecular weight is 245 g/mol. The maximum Gasteiger partial charge on any atom is 0.156 e. The lowest BCUT2D eigenvalue weighted by atomic mass is 9.83. The zero-order valence-corrected chi connectivity index (χ0v) is 11.3. The van der Waals surface area contributed by atoms with Crippen LogP contribution >= 0.6 is 0 Å². The highest BCUT2D eigenvalue weighted by Gasteiger charge is 2.46. The lowest BCUT2D eigenvalue weighted by molar-refractivity contribution is 0.234. The number of hydrogen-bond acceptors (Lipinski definition) is 3. The van der Waals surface area contributed by atoms with Crippen molar-refractivity contribution in [3.63, 3.8) is 0 Å². The number of hydrogen-bond donors (Lipinski definition) is 1. The Kier molecular flexibility index (Phi) is 3.08. The van der Waals surface area contributed by atoms with Crippen molar-refractivity contribution >= 4 is 9.84 Å². The molecule has 1 aliphatic heterocycles. The van der Waals surface area contributed by atoms with Gasteiger partial charge in [0.2, 0.25) is 0 Å². The van der Waals surface area contributed by atoms with Gasteiger partial charge in [0, 0.05) is 11.6 Å².